The summed E-state index contributed by atoms with van der Waals surface area (Å²) in [5.74, 6) is -1.13. The monoisotopic (exact) mass is 186 g/mol. The SMILES string of the molecule is O=CCCCC1OC(=O)CC(=O)O1. The van der Waals surface area contributed by atoms with Gasteiger partial charge < -0.3 is 14.3 Å². The zero-order chi connectivity index (χ0) is 9.68. The van der Waals surface area contributed by atoms with E-state index < -0.39 is 18.2 Å². The lowest BCUT2D eigenvalue weighted by atomic mass is 10.2. The molecule has 1 heterocycles. The van der Waals surface area contributed by atoms with E-state index in [0.717, 1.165) is 6.29 Å². The zero-order valence-electron chi connectivity index (χ0n) is 7.02. The van der Waals surface area contributed by atoms with E-state index in [1.54, 1.807) is 0 Å². The molecule has 5 heteroatoms. The normalized spacial score (nSPS) is 17.8. The summed E-state index contributed by atoms with van der Waals surface area (Å²) < 4.78 is 9.41. The number of ether oxygens (including phenoxy) is 2. The van der Waals surface area contributed by atoms with Crippen LogP contribution in [0.15, 0.2) is 0 Å². The van der Waals surface area contributed by atoms with E-state index in [-0.39, 0.29) is 6.42 Å². The molecule has 0 spiro atoms. The summed E-state index contributed by atoms with van der Waals surface area (Å²) >= 11 is 0. The number of cyclic esters (lactones) is 2. The predicted molar refractivity (Wildman–Crippen MR) is 40.5 cm³/mol. The Labute approximate surface area is 75.0 Å². The number of hydrogen-bond acceptors (Lipinski definition) is 5. The minimum absolute atomic E-state index is 0.315. The molecule has 13 heavy (non-hydrogen) atoms. The van der Waals surface area contributed by atoms with Crippen LogP contribution in [0.1, 0.15) is 25.7 Å². The largest absolute Gasteiger partial charge is 0.425 e. The fraction of sp³-hybridized carbons (Fsp3) is 0.625. The Hall–Kier alpha value is -1.39. The minimum Gasteiger partial charge on any atom is -0.425 e. The molecule has 0 unspecified atom stereocenters. The second-order valence-corrected chi connectivity index (χ2v) is 2.68. The molecule has 1 aliphatic heterocycles. The van der Waals surface area contributed by atoms with Gasteiger partial charge in [0.15, 0.2) is 0 Å². The van der Waals surface area contributed by atoms with Gasteiger partial charge in [-0.3, -0.25) is 9.59 Å². The van der Waals surface area contributed by atoms with Crippen LogP contribution in [0, 0.1) is 0 Å². The third-order valence-electron chi connectivity index (χ3n) is 1.58. The van der Waals surface area contributed by atoms with Crippen LogP contribution in [0.4, 0.5) is 0 Å². The number of unbranched alkanes of at least 4 members (excludes halogenated alkanes) is 1. The topological polar surface area (TPSA) is 69.7 Å². The molecule has 0 aromatic rings. The van der Waals surface area contributed by atoms with Crippen molar-refractivity contribution in [3.63, 3.8) is 0 Å². The Kier molecular flexibility index (Phi) is 3.42. The number of rotatable bonds is 4. The van der Waals surface area contributed by atoms with Gasteiger partial charge in [-0.05, 0) is 6.42 Å². The number of carbonyl (C=O) groups excluding carboxylic acids is 3. The average Bonchev–Trinajstić information content (AvgIpc) is 2.03. The second-order valence-electron chi connectivity index (χ2n) is 2.68. The smallest absolute Gasteiger partial charge is 0.320 e. The Morgan fingerprint density at radius 2 is 1.92 bits per heavy atom. The van der Waals surface area contributed by atoms with Gasteiger partial charge in [-0.1, -0.05) is 0 Å². The van der Waals surface area contributed by atoms with Gasteiger partial charge in [-0.15, -0.1) is 0 Å². The van der Waals surface area contributed by atoms with E-state index >= 15 is 0 Å². The summed E-state index contributed by atoms with van der Waals surface area (Å²) in [6, 6.07) is 0. The van der Waals surface area contributed by atoms with Crippen molar-refractivity contribution < 1.29 is 23.9 Å². The first-order valence-electron chi connectivity index (χ1n) is 4.05. The van der Waals surface area contributed by atoms with Crippen molar-refractivity contribution in [2.75, 3.05) is 0 Å². The van der Waals surface area contributed by atoms with Crippen molar-refractivity contribution >= 4 is 18.2 Å². The van der Waals surface area contributed by atoms with E-state index in [9.17, 15) is 14.4 Å². The Morgan fingerprint density at radius 3 is 2.46 bits per heavy atom. The average molecular weight is 186 g/mol. The predicted octanol–water partition coefficient (Wildman–Crippen LogP) is 0.172. The van der Waals surface area contributed by atoms with Crippen LogP contribution in [0.2, 0.25) is 0 Å². The van der Waals surface area contributed by atoms with Crippen molar-refractivity contribution in [3.8, 4) is 0 Å². The summed E-state index contributed by atoms with van der Waals surface area (Å²) in [6.45, 7) is 0. The molecule has 5 nitrogen and oxygen atoms in total. The summed E-state index contributed by atoms with van der Waals surface area (Å²) in [6.07, 6.45) is 0.974. The van der Waals surface area contributed by atoms with Crippen molar-refractivity contribution in [3.05, 3.63) is 0 Å². The highest BCUT2D eigenvalue weighted by Crippen LogP contribution is 2.13. The fourth-order valence-electron chi connectivity index (χ4n) is 1.00. The maximum Gasteiger partial charge on any atom is 0.320 e. The van der Waals surface area contributed by atoms with Gasteiger partial charge in [0.1, 0.15) is 12.7 Å². The molecular weight excluding hydrogens is 176 g/mol. The highest BCUT2D eigenvalue weighted by Gasteiger charge is 2.26. The quantitative estimate of drug-likeness (QED) is 0.271. The number of carbonyl (C=O) groups is 3. The fourth-order valence-corrected chi connectivity index (χ4v) is 1.00. The molecule has 0 amide bonds. The van der Waals surface area contributed by atoms with Crippen molar-refractivity contribution in [1.82, 2.24) is 0 Å². The van der Waals surface area contributed by atoms with Gasteiger partial charge in [0, 0.05) is 12.8 Å². The molecule has 0 bridgehead atoms. The first-order chi connectivity index (χ1) is 6.22. The van der Waals surface area contributed by atoms with Crippen LogP contribution < -0.4 is 0 Å². The molecule has 1 fully saturated rings. The van der Waals surface area contributed by atoms with Crippen LogP contribution >= 0.6 is 0 Å². The standard InChI is InChI=1S/C8H10O5/c9-4-2-1-3-8-12-6(10)5-7(11)13-8/h4,8H,1-3,5H2. The summed E-state index contributed by atoms with van der Waals surface area (Å²) in [5.41, 5.74) is 0. The lowest BCUT2D eigenvalue weighted by Gasteiger charge is -2.21. The van der Waals surface area contributed by atoms with Gasteiger partial charge >= 0.3 is 11.9 Å². The van der Waals surface area contributed by atoms with Gasteiger partial charge in [0.05, 0.1) is 0 Å². The van der Waals surface area contributed by atoms with E-state index in [1.165, 1.54) is 0 Å². The van der Waals surface area contributed by atoms with E-state index in [1.807, 2.05) is 0 Å². The summed E-state index contributed by atoms with van der Waals surface area (Å²) in [7, 11) is 0. The molecular formula is C8H10O5. The molecule has 1 saturated heterocycles. The molecule has 1 aliphatic rings. The lowest BCUT2D eigenvalue weighted by molar-refractivity contribution is -0.204. The van der Waals surface area contributed by atoms with Gasteiger partial charge in [-0.25, -0.2) is 0 Å². The third-order valence-corrected chi connectivity index (χ3v) is 1.58. The molecule has 72 valence electrons. The van der Waals surface area contributed by atoms with Gasteiger partial charge in [-0.2, -0.15) is 0 Å². The van der Waals surface area contributed by atoms with Crippen LogP contribution in [0.25, 0.3) is 0 Å². The van der Waals surface area contributed by atoms with E-state index in [0.29, 0.717) is 19.3 Å². The van der Waals surface area contributed by atoms with Crippen LogP contribution in [-0.4, -0.2) is 24.5 Å². The molecule has 0 N–H and O–H groups in total. The maximum absolute atomic E-state index is 10.7. The highest BCUT2D eigenvalue weighted by molar-refractivity contribution is 5.92. The van der Waals surface area contributed by atoms with Crippen LogP contribution in [0.5, 0.6) is 0 Å². The number of esters is 2. The maximum atomic E-state index is 10.7. The summed E-state index contributed by atoms with van der Waals surface area (Å²) in [4.78, 5) is 31.4. The first-order valence-corrected chi connectivity index (χ1v) is 4.05. The molecule has 0 aliphatic carbocycles. The lowest BCUT2D eigenvalue weighted by Crippen LogP contribution is -2.32. The highest BCUT2D eigenvalue weighted by atomic mass is 16.7. The van der Waals surface area contributed by atoms with E-state index in [4.69, 9.17) is 9.47 Å². The number of aldehydes is 1. The van der Waals surface area contributed by atoms with Crippen molar-refractivity contribution in [1.29, 1.82) is 0 Å². The van der Waals surface area contributed by atoms with Crippen molar-refractivity contribution in [2.45, 2.75) is 32.0 Å². The molecule has 1 rings (SSSR count). The first kappa shape index (κ1) is 9.70. The molecule has 0 radical (unpaired) electrons. The van der Waals surface area contributed by atoms with Crippen LogP contribution in [0.3, 0.4) is 0 Å². The molecule has 0 atom stereocenters. The molecule has 0 aromatic carbocycles. The van der Waals surface area contributed by atoms with E-state index in [2.05, 4.69) is 0 Å². The van der Waals surface area contributed by atoms with Gasteiger partial charge in [0.25, 0.3) is 0 Å². The van der Waals surface area contributed by atoms with Crippen LogP contribution in [-0.2, 0) is 23.9 Å². The molecule has 0 saturated carbocycles. The minimum atomic E-state index is -0.798. The Morgan fingerprint density at radius 1 is 1.31 bits per heavy atom. The number of hydrogen-bond donors (Lipinski definition) is 0. The van der Waals surface area contributed by atoms with Crippen molar-refractivity contribution in [2.24, 2.45) is 0 Å². The Bertz CT molecular complexity index is 207. The van der Waals surface area contributed by atoms with Gasteiger partial charge in [0.2, 0.25) is 6.29 Å². The Balaban J connectivity index is 2.28. The third kappa shape index (κ3) is 3.23. The molecule has 0 aromatic heterocycles. The summed E-state index contributed by atoms with van der Waals surface area (Å²) in [5, 5.41) is 0. The zero-order valence-corrected chi connectivity index (χ0v) is 7.02. The second kappa shape index (κ2) is 4.59.